The standard InChI is InChI=1S/C19H21N7O/c1-4-25(5-2)16-7-6-14(10-22-16)18-24-17-19(21-9-8-20-17)26(18)11-15-12-27-13(3)23-15/h6-10,12H,4-5,11H2,1-3H3. The Labute approximate surface area is 156 Å². The summed E-state index contributed by atoms with van der Waals surface area (Å²) in [6.07, 6.45) is 6.81. The molecule has 0 atom stereocenters. The van der Waals surface area contributed by atoms with Crippen LogP contribution in [0.4, 0.5) is 5.82 Å². The van der Waals surface area contributed by atoms with Gasteiger partial charge in [-0.2, -0.15) is 0 Å². The summed E-state index contributed by atoms with van der Waals surface area (Å²) in [5, 5.41) is 0. The zero-order chi connectivity index (χ0) is 18.8. The summed E-state index contributed by atoms with van der Waals surface area (Å²) in [6.45, 7) is 8.40. The molecular formula is C19H21N7O. The van der Waals surface area contributed by atoms with Crippen molar-refractivity contribution in [1.82, 2.24) is 29.5 Å². The number of anilines is 1. The molecule has 0 aliphatic heterocycles. The molecule has 4 heterocycles. The molecule has 0 unspecified atom stereocenters. The predicted octanol–water partition coefficient (Wildman–Crippen LogP) is 3.08. The van der Waals surface area contributed by atoms with Gasteiger partial charge >= 0.3 is 0 Å². The van der Waals surface area contributed by atoms with Crippen molar-refractivity contribution < 1.29 is 4.42 Å². The van der Waals surface area contributed by atoms with Gasteiger partial charge in [0.05, 0.1) is 12.2 Å². The minimum absolute atomic E-state index is 0.500. The van der Waals surface area contributed by atoms with Gasteiger partial charge in [0, 0.05) is 44.2 Å². The first-order valence-electron chi connectivity index (χ1n) is 8.99. The predicted molar refractivity (Wildman–Crippen MR) is 102 cm³/mol. The van der Waals surface area contributed by atoms with E-state index in [2.05, 4.69) is 43.7 Å². The number of fused-ring (bicyclic) bond motifs is 1. The maximum absolute atomic E-state index is 5.34. The summed E-state index contributed by atoms with van der Waals surface area (Å²) in [5.41, 5.74) is 3.03. The van der Waals surface area contributed by atoms with Gasteiger partial charge < -0.3 is 13.9 Å². The van der Waals surface area contributed by atoms with E-state index in [0.29, 0.717) is 23.7 Å². The van der Waals surface area contributed by atoms with Crippen LogP contribution in [0.2, 0.25) is 0 Å². The molecule has 4 aromatic rings. The molecule has 0 N–H and O–H groups in total. The van der Waals surface area contributed by atoms with Crippen molar-refractivity contribution in [1.29, 1.82) is 0 Å². The molecule has 4 rings (SSSR count). The number of hydrogen-bond acceptors (Lipinski definition) is 7. The average Bonchev–Trinajstić information content (AvgIpc) is 3.27. The van der Waals surface area contributed by atoms with Crippen molar-refractivity contribution in [3.8, 4) is 11.4 Å². The third-order valence-corrected chi connectivity index (χ3v) is 4.46. The topological polar surface area (TPSA) is 85.8 Å². The van der Waals surface area contributed by atoms with Crippen LogP contribution in [-0.4, -0.2) is 42.6 Å². The van der Waals surface area contributed by atoms with E-state index in [0.717, 1.165) is 36.0 Å². The number of aryl methyl sites for hydroxylation is 1. The average molecular weight is 363 g/mol. The van der Waals surface area contributed by atoms with Gasteiger partial charge in [0.1, 0.15) is 17.9 Å². The molecule has 27 heavy (non-hydrogen) atoms. The van der Waals surface area contributed by atoms with E-state index >= 15 is 0 Å². The van der Waals surface area contributed by atoms with Crippen LogP contribution in [0.1, 0.15) is 25.4 Å². The van der Waals surface area contributed by atoms with Gasteiger partial charge in [-0.1, -0.05) is 0 Å². The Morgan fingerprint density at radius 2 is 1.85 bits per heavy atom. The minimum atomic E-state index is 0.500. The summed E-state index contributed by atoms with van der Waals surface area (Å²) in [6, 6.07) is 4.06. The van der Waals surface area contributed by atoms with Crippen molar-refractivity contribution in [2.24, 2.45) is 0 Å². The molecule has 0 spiro atoms. The fourth-order valence-electron chi connectivity index (χ4n) is 3.12. The Kier molecular flexibility index (Phi) is 4.53. The first-order chi connectivity index (χ1) is 13.2. The quantitative estimate of drug-likeness (QED) is 0.520. The Bertz CT molecular complexity index is 1050. The minimum Gasteiger partial charge on any atom is -0.449 e. The van der Waals surface area contributed by atoms with E-state index < -0.39 is 0 Å². The lowest BCUT2D eigenvalue weighted by Gasteiger charge is -2.19. The van der Waals surface area contributed by atoms with Crippen LogP contribution in [0.5, 0.6) is 0 Å². The first-order valence-corrected chi connectivity index (χ1v) is 8.99. The molecule has 8 heteroatoms. The smallest absolute Gasteiger partial charge is 0.198 e. The molecule has 4 aromatic heterocycles. The first kappa shape index (κ1) is 17.1. The second-order valence-electron chi connectivity index (χ2n) is 6.16. The van der Waals surface area contributed by atoms with Gasteiger partial charge in [0.15, 0.2) is 17.2 Å². The summed E-state index contributed by atoms with van der Waals surface area (Å²) in [5.74, 6) is 2.34. The number of rotatable bonds is 6. The van der Waals surface area contributed by atoms with Crippen LogP contribution in [0.25, 0.3) is 22.7 Å². The summed E-state index contributed by atoms with van der Waals surface area (Å²) in [4.78, 5) is 24.7. The number of pyridine rings is 1. The molecule has 138 valence electrons. The maximum atomic E-state index is 5.34. The highest BCUT2D eigenvalue weighted by Gasteiger charge is 2.17. The van der Waals surface area contributed by atoms with E-state index in [1.807, 2.05) is 29.8 Å². The molecule has 0 bridgehead atoms. The van der Waals surface area contributed by atoms with E-state index in [4.69, 9.17) is 4.42 Å². The Morgan fingerprint density at radius 1 is 1.04 bits per heavy atom. The lowest BCUT2D eigenvalue weighted by atomic mass is 10.2. The second-order valence-corrected chi connectivity index (χ2v) is 6.16. The number of nitrogens with zero attached hydrogens (tertiary/aromatic N) is 7. The van der Waals surface area contributed by atoms with Gasteiger partial charge in [-0.15, -0.1) is 0 Å². The summed E-state index contributed by atoms with van der Waals surface area (Å²) < 4.78 is 7.33. The molecule has 0 radical (unpaired) electrons. The van der Waals surface area contributed by atoms with E-state index in [9.17, 15) is 0 Å². The lowest BCUT2D eigenvalue weighted by Crippen LogP contribution is -2.22. The van der Waals surface area contributed by atoms with Gasteiger partial charge in [-0.05, 0) is 26.0 Å². The molecule has 0 amide bonds. The second kappa shape index (κ2) is 7.14. The molecule has 0 aliphatic rings. The van der Waals surface area contributed by atoms with Gasteiger partial charge in [-0.3, -0.25) is 0 Å². The van der Waals surface area contributed by atoms with Crippen molar-refractivity contribution >= 4 is 17.1 Å². The third-order valence-electron chi connectivity index (χ3n) is 4.46. The summed E-state index contributed by atoms with van der Waals surface area (Å²) >= 11 is 0. The monoisotopic (exact) mass is 363 g/mol. The fourth-order valence-corrected chi connectivity index (χ4v) is 3.12. The SMILES string of the molecule is CCN(CC)c1ccc(-c2nc3nccnc3n2Cc2coc(C)n2)cn1. The highest BCUT2D eigenvalue weighted by molar-refractivity contribution is 5.73. The van der Waals surface area contributed by atoms with Crippen LogP contribution in [0, 0.1) is 6.92 Å². The highest BCUT2D eigenvalue weighted by Crippen LogP contribution is 2.24. The summed E-state index contributed by atoms with van der Waals surface area (Å²) in [7, 11) is 0. The largest absolute Gasteiger partial charge is 0.449 e. The molecule has 0 aromatic carbocycles. The Hall–Kier alpha value is -3.29. The zero-order valence-corrected chi connectivity index (χ0v) is 15.6. The van der Waals surface area contributed by atoms with E-state index in [-0.39, 0.29) is 0 Å². The van der Waals surface area contributed by atoms with Gasteiger partial charge in [-0.25, -0.2) is 24.9 Å². The van der Waals surface area contributed by atoms with Crippen LogP contribution in [0.15, 0.2) is 41.4 Å². The zero-order valence-electron chi connectivity index (χ0n) is 15.6. The number of oxazole rings is 1. The van der Waals surface area contributed by atoms with Crippen molar-refractivity contribution in [3.05, 3.63) is 48.6 Å². The highest BCUT2D eigenvalue weighted by atomic mass is 16.3. The Morgan fingerprint density at radius 3 is 2.52 bits per heavy atom. The molecule has 0 fully saturated rings. The maximum Gasteiger partial charge on any atom is 0.198 e. The van der Waals surface area contributed by atoms with Gasteiger partial charge in [0.25, 0.3) is 0 Å². The van der Waals surface area contributed by atoms with E-state index in [1.165, 1.54) is 0 Å². The van der Waals surface area contributed by atoms with Crippen LogP contribution in [-0.2, 0) is 6.54 Å². The molecule has 0 saturated heterocycles. The molecular weight excluding hydrogens is 342 g/mol. The number of aromatic nitrogens is 6. The Balaban J connectivity index is 1.77. The normalized spacial score (nSPS) is 11.2. The lowest BCUT2D eigenvalue weighted by molar-refractivity contribution is 0.520. The van der Waals surface area contributed by atoms with Crippen molar-refractivity contribution in [3.63, 3.8) is 0 Å². The van der Waals surface area contributed by atoms with Crippen LogP contribution < -0.4 is 4.90 Å². The molecule has 8 nitrogen and oxygen atoms in total. The molecule has 0 aliphatic carbocycles. The van der Waals surface area contributed by atoms with E-state index in [1.54, 1.807) is 18.7 Å². The fraction of sp³-hybridized carbons (Fsp3) is 0.316. The van der Waals surface area contributed by atoms with Crippen molar-refractivity contribution in [2.75, 3.05) is 18.0 Å². The number of hydrogen-bond donors (Lipinski definition) is 0. The van der Waals surface area contributed by atoms with Crippen LogP contribution >= 0.6 is 0 Å². The number of imidazole rings is 1. The van der Waals surface area contributed by atoms with Crippen LogP contribution in [0.3, 0.4) is 0 Å². The van der Waals surface area contributed by atoms with Gasteiger partial charge in [0.2, 0.25) is 0 Å². The molecule has 0 saturated carbocycles. The third kappa shape index (κ3) is 3.25. The van der Waals surface area contributed by atoms with Crippen molar-refractivity contribution in [2.45, 2.75) is 27.3 Å².